The van der Waals surface area contributed by atoms with Crippen molar-refractivity contribution in [2.45, 2.75) is 46.7 Å². The normalized spacial score (nSPS) is 11.4. The van der Waals surface area contributed by atoms with Gasteiger partial charge < -0.3 is 10.6 Å². The molecule has 10 heteroatoms. The van der Waals surface area contributed by atoms with Crippen molar-refractivity contribution in [2.75, 3.05) is 0 Å². The number of hydrogen-bond acceptors (Lipinski definition) is 4. The van der Waals surface area contributed by atoms with Crippen molar-refractivity contribution < 1.29 is 22.8 Å². The highest BCUT2D eigenvalue weighted by Gasteiger charge is 2.17. The monoisotopic (exact) mass is 530 g/mol. The molecule has 1 heterocycles. The van der Waals surface area contributed by atoms with Crippen molar-refractivity contribution in [2.24, 2.45) is 0 Å². The summed E-state index contributed by atoms with van der Waals surface area (Å²) in [5.74, 6) is -3.58. The number of aromatic nitrogens is 2. The predicted molar refractivity (Wildman–Crippen MR) is 135 cm³/mol. The quantitative estimate of drug-likeness (QED) is 0.398. The zero-order valence-corrected chi connectivity index (χ0v) is 21.3. The number of carbonyl (C=O) groups is 2. The van der Waals surface area contributed by atoms with Crippen molar-refractivity contribution in [3.8, 4) is 0 Å². The second-order valence-electron chi connectivity index (χ2n) is 8.27. The fourth-order valence-corrected chi connectivity index (χ4v) is 3.83. The highest BCUT2D eigenvalue weighted by molar-refractivity contribution is 6.48. The molecule has 6 nitrogen and oxygen atoms in total. The van der Waals surface area contributed by atoms with E-state index in [2.05, 4.69) is 20.6 Å². The molecule has 37 heavy (non-hydrogen) atoms. The average Bonchev–Trinajstić information content (AvgIpc) is 2.89. The molecule has 0 atom stereocenters. The van der Waals surface area contributed by atoms with Gasteiger partial charge >= 0.3 is 0 Å². The Morgan fingerprint density at radius 3 is 2.32 bits per heavy atom. The molecule has 0 radical (unpaired) electrons. The van der Waals surface area contributed by atoms with Gasteiger partial charge in [0.1, 0.15) is 11.5 Å². The van der Waals surface area contributed by atoms with Gasteiger partial charge in [-0.15, -0.1) is 0 Å². The van der Waals surface area contributed by atoms with Crippen LogP contribution in [-0.2, 0) is 30.7 Å². The first-order valence-corrected chi connectivity index (χ1v) is 11.9. The van der Waals surface area contributed by atoms with Crippen LogP contribution >= 0.6 is 11.6 Å². The van der Waals surface area contributed by atoms with E-state index in [1.54, 1.807) is 19.1 Å². The van der Waals surface area contributed by atoms with E-state index in [-0.39, 0.29) is 53.5 Å². The third kappa shape index (κ3) is 6.95. The summed E-state index contributed by atoms with van der Waals surface area (Å²) in [5.41, 5.74) is 1.90. The van der Waals surface area contributed by atoms with E-state index in [1.165, 1.54) is 37.5 Å². The number of carbonyl (C=O) groups excluding carboxylic acids is 2. The Kier molecular flexibility index (Phi) is 9.41. The SMILES string of the molecule is C/C=C(/Cl)c1cc(CNC(=O)c2cncc(Cc3ccc(CNC(C)=O)c(F)c3F)n2)c(F)cc1CC. The molecule has 0 unspecified atom stereocenters. The molecular formula is C27H26ClF3N4O2. The number of rotatable bonds is 9. The molecular weight excluding hydrogens is 505 g/mol. The van der Waals surface area contributed by atoms with Gasteiger partial charge in [0.05, 0.1) is 11.9 Å². The Hall–Kier alpha value is -3.72. The van der Waals surface area contributed by atoms with Crippen LogP contribution in [0.2, 0.25) is 0 Å². The zero-order valence-electron chi connectivity index (χ0n) is 20.6. The summed E-state index contributed by atoms with van der Waals surface area (Å²) in [7, 11) is 0. The molecule has 0 bridgehead atoms. The third-order valence-corrected chi connectivity index (χ3v) is 6.08. The first-order valence-electron chi connectivity index (χ1n) is 11.6. The van der Waals surface area contributed by atoms with Crippen LogP contribution in [0.15, 0.2) is 42.7 Å². The molecule has 2 aromatic carbocycles. The van der Waals surface area contributed by atoms with Crippen LogP contribution < -0.4 is 10.6 Å². The fraction of sp³-hybridized carbons (Fsp3) is 0.259. The number of nitrogens with zero attached hydrogens (tertiary/aromatic N) is 2. The zero-order chi connectivity index (χ0) is 27.1. The van der Waals surface area contributed by atoms with Crippen LogP contribution in [0.5, 0.6) is 0 Å². The number of nitrogens with one attached hydrogen (secondary N) is 2. The van der Waals surface area contributed by atoms with E-state index in [1.807, 2.05) is 6.92 Å². The van der Waals surface area contributed by atoms with Gasteiger partial charge in [-0.25, -0.2) is 18.2 Å². The first kappa shape index (κ1) is 27.9. The van der Waals surface area contributed by atoms with E-state index in [0.29, 0.717) is 17.0 Å². The Balaban J connectivity index is 1.74. The summed E-state index contributed by atoms with van der Waals surface area (Å²) in [6.07, 6.45) is 4.75. The molecule has 0 saturated carbocycles. The van der Waals surface area contributed by atoms with Crippen molar-refractivity contribution in [3.63, 3.8) is 0 Å². The number of hydrogen-bond donors (Lipinski definition) is 2. The van der Waals surface area contributed by atoms with Gasteiger partial charge in [-0.2, -0.15) is 0 Å². The Morgan fingerprint density at radius 2 is 1.65 bits per heavy atom. The molecule has 0 aliphatic rings. The van der Waals surface area contributed by atoms with Crippen LogP contribution in [0.3, 0.4) is 0 Å². The van der Waals surface area contributed by atoms with E-state index in [4.69, 9.17) is 11.6 Å². The van der Waals surface area contributed by atoms with Crippen LogP contribution in [0.1, 0.15) is 64.8 Å². The topological polar surface area (TPSA) is 84.0 Å². The summed E-state index contributed by atoms with van der Waals surface area (Å²) in [4.78, 5) is 31.9. The average molecular weight is 531 g/mol. The standard InChI is InChI=1S/C27H26ClF3N4O2/c1-4-16-10-23(29)19(9-21(16)22(28)5-2)12-34-27(37)24-14-32-13-20(35-24)8-17-6-7-18(11-33-15(3)36)26(31)25(17)30/h5-7,9-10,13-14H,4,8,11-12H2,1-3H3,(H,33,36)(H,34,37)/b22-5+. The molecule has 2 N–H and O–H groups in total. The van der Waals surface area contributed by atoms with Gasteiger partial charge in [0.25, 0.3) is 5.91 Å². The lowest BCUT2D eigenvalue weighted by Gasteiger charge is -2.12. The van der Waals surface area contributed by atoms with Gasteiger partial charge in [-0.05, 0) is 42.2 Å². The van der Waals surface area contributed by atoms with Crippen molar-refractivity contribution >= 4 is 28.4 Å². The summed E-state index contributed by atoms with van der Waals surface area (Å²) in [6.45, 7) is 4.69. The molecule has 3 rings (SSSR count). The van der Waals surface area contributed by atoms with Crippen LogP contribution in [0, 0.1) is 17.5 Å². The highest BCUT2D eigenvalue weighted by Crippen LogP contribution is 2.26. The van der Waals surface area contributed by atoms with Gasteiger partial charge in [0, 0.05) is 48.8 Å². The van der Waals surface area contributed by atoms with Crippen molar-refractivity contribution in [3.05, 3.63) is 99.4 Å². The first-order chi connectivity index (χ1) is 17.6. The smallest absolute Gasteiger partial charge is 0.271 e. The largest absolute Gasteiger partial charge is 0.352 e. The van der Waals surface area contributed by atoms with E-state index in [9.17, 15) is 22.8 Å². The highest BCUT2D eigenvalue weighted by atomic mass is 35.5. The lowest BCUT2D eigenvalue weighted by molar-refractivity contribution is -0.119. The fourth-order valence-electron chi connectivity index (χ4n) is 3.65. The minimum atomic E-state index is -1.07. The molecule has 0 spiro atoms. The van der Waals surface area contributed by atoms with E-state index < -0.39 is 23.4 Å². The lowest BCUT2D eigenvalue weighted by atomic mass is 10.0. The molecule has 0 aliphatic carbocycles. The second-order valence-corrected chi connectivity index (χ2v) is 8.67. The number of aryl methyl sites for hydroxylation is 1. The number of allylic oxidation sites excluding steroid dienone is 1. The third-order valence-electron chi connectivity index (χ3n) is 5.66. The van der Waals surface area contributed by atoms with E-state index >= 15 is 0 Å². The summed E-state index contributed by atoms with van der Waals surface area (Å²) in [6, 6.07) is 5.77. The Bertz CT molecular complexity index is 1360. The summed E-state index contributed by atoms with van der Waals surface area (Å²) in [5, 5.41) is 5.51. The maximum Gasteiger partial charge on any atom is 0.271 e. The number of halogens is 4. The minimum absolute atomic E-state index is 0.00809. The van der Waals surface area contributed by atoms with E-state index in [0.717, 1.165) is 5.56 Å². The number of benzene rings is 2. The summed E-state index contributed by atoms with van der Waals surface area (Å²) < 4.78 is 43.6. The Labute approximate surface area is 218 Å². The van der Waals surface area contributed by atoms with Crippen LogP contribution in [0.4, 0.5) is 13.2 Å². The molecule has 3 aromatic rings. The maximum atomic E-state index is 14.6. The van der Waals surface area contributed by atoms with Crippen LogP contribution in [0.25, 0.3) is 5.03 Å². The molecule has 0 fully saturated rings. The van der Waals surface area contributed by atoms with Gasteiger partial charge in [0.2, 0.25) is 5.91 Å². The van der Waals surface area contributed by atoms with Gasteiger partial charge in [-0.1, -0.05) is 36.7 Å². The second kappa shape index (κ2) is 12.5. The lowest BCUT2D eigenvalue weighted by Crippen LogP contribution is -2.25. The van der Waals surface area contributed by atoms with Gasteiger partial charge in [0.15, 0.2) is 11.6 Å². The van der Waals surface area contributed by atoms with Crippen molar-refractivity contribution in [1.82, 2.24) is 20.6 Å². The minimum Gasteiger partial charge on any atom is -0.352 e. The Morgan fingerprint density at radius 1 is 0.973 bits per heavy atom. The predicted octanol–water partition coefficient (Wildman–Crippen LogP) is 5.21. The molecule has 1 aromatic heterocycles. The molecule has 2 amide bonds. The van der Waals surface area contributed by atoms with Crippen LogP contribution in [-0.4, -0.2) is 21.8 Å². The van der Waals surface area contributed by atoms with Crippen molar-refractivity contribution in [1.29, 1.82) is 0 Å². The number of amides is 2. The van der Waals surface area contributed by atoms with Gasteiger partial charge in [-0.3, -0.25) is 14.6 Å². The maximum absolute atomic E-state index is 14.6. The summed E-state index contributed by atoms with van der Waals surface area (Å²) >= 11 is 6.27. The molecule has 194 valence electrons. The molecule has 0 saturated heterocycles. The molecule has 0 aliphatic heterocycles.